The highest BCUT2D eigenvalue weighted by Crippen LogP contribution is 2.32. The molecule has 0 N–H and O–H groups in total. The summed E-state index contributed by atoms with van der Waals surface area (Å²) in [6, 6.07) is 17.5. The fraction of sp³-hybridized carbons (Fsp3) is 0.0526. The Morgan fingerprint density at radius 2 is 1.72 bits per heavy atom. The quantitative estimate of drug-likeness (QED) is 0.488. The van der Waals surface area contributed by atoms with Gasteiger partial charge in [-0.05, 0) is 29.0 Å². The van der Waals surface area contributed by atoms with Crippen LogP contribution in [0.25, 0.3) is 27.7 Å². The molecule has 0 radical (unpaired) electrons. The zero-order chi connectivity index (χ0) is 17.6. The Kier molecular flexibility index (Phi) is 3.25. The van der Waals surface area contributed by atoms with Crippen molar-refractivity contribution < 1.29 is 13.2 Å². The first kappa shape index (κ1) is 15.2. The molecular weight excluding hydrogens is 327 g/mol. The minimum Gasteiger partial charge on any atom is -0.290 e. The predicted molar refractivity (Wildman–Crippen MR) is 87.9 cm³/mol. The number of pyridine rings is 1. The van der Waals surface area contributed by atoms with E-state index < -0.39 is 11.7 Å². The molecule has 0 saturated carbocycles. The van der Waals surface area contributed by atoms with E-state index in [1.165, 1.54) is 10.5 Å². The van der Waals surface area contributed by atoms with Crippen LogP contribution in [0.15, 0.2) is 60.8 Å². The fourth-order valence-corrected chi connectivity index (χ4v) is 2.86. The molecule has 2 heterocycles. The Hall–Kier alpha value is -3.33. The maximum absolute atomic E-state index is 12.9. The number of halogens is 3. The van der Waals surface area contributed by atoms with Crippen LogP contribution in [0, 0.1) is 11.3 Å². The Morgan fingerprint density at radius 1 is 0.960 bits per heavy atom. The normalized spacial score (nSPS) is 11.8. The fourth-order valence-electron chi connectivity index (χ4n) is 2.86. The van der Waals surface area contributed by atoms with Gasteiger partial charge in [0.15, 0.2) is 5.69 Å². The molecular formula is C19H10F3N3. The van der Waals surface area contributed by atoms with Crippen LogP contribution in [0.1, 0.15) is 11.3 Å². The summed E-state index contributed by atoms with van der Waals surface area (Å²) in [5.41, 5.74) is 0.614. The number of hydrogen-bond donors (Lipinski definition) is 0. The summed E-state index contributed by atoms with van der Waals surface area (Å²) in [4.78, 5) is 4.36. The van der Waals surface area contributed by atoms with Gasteiger partial charge in [-0.2, -0.15) is 18.4 Å². The third-order valence-corrected chi connectivity index (χ3v) is 4.07. The molecule has 4 aromatic rings. The standard InChI is InChI=1S/C19H10F3N3/c20-19(21,22)15-7-8-17-24-18(16(10-23)25(17)11-15)14-6-5-12-3-1-2-4-13(12)9-14/h1-9,11H. The molecule has 2 aromatic carbocycles. The van der Waals surface area contributed by atoms with E-state index in [0.717, 1.165) is 23.0 Å². The first-order chi connectivity index (χ1) is 12.0. The number of benzene rings is 2. The highest BCUT2D eigenvalue weighted by molar-refractivity contribution is 5.87. The summed E-state index contributed by atoms with van der Waals surface area (Å²) < 4.78 is 40.0. The van der Waals surface area contributed by atoms with Crippen molar-refractivity contribution in [1.82, 2.24) is 9.38 Å². The summed E-state index contributed by atoms with van der Waals surface area (Å²) in [6.07, 6.45) is -3.57. The third-order valence-electron chi connectivity index (χ3n) is 4.07. The topological polar surface area (TPSA) is 41.1 Å². The summed E-state index contributed by atoms with van der Waals surface area (Å²) in [5, 5.41) is 11.5. The summed E-state index contributed by atoms with van der Waals surface area (Å²) >= 11 is 0. The zero-order valence-electron chi connectivity index (χ0n) is 12.7. The van der Waals surface area contributed by atoms with Crippen LogP contribution in [-0.2, 0) is 6.18 Å². The molecule has 0 aliphatic carbocycles. The van der Waals surface area contributed by atoms with Crippen LogP contribution in [0.4, 0.5) is 13.2 Å². The van der Waals surface area contributed by atoms with Crippen molar-refractivity contribution in [2.24, 2.45) is 0 Å². The molecule has 25 heavy (non-hydrogen) atoms. The molecule has 4 rings (SSSR count). The average molecular weight is 337 g/mol. The van der Waals surface area contributed by atoms with Gasteiger partial charge in [-0.1, -0.05) is 36.4 Å². The molecule has 0 aliphatic heterocycles. The first-order valence-electron chi connectivity index (χ1n) is 7.46. The molecule has 3 nitrogen and oxygen atoms in total. The summed E-state index contributed by atoms with van der Waals surface area (Å²) in [5.74, 6) is 0. The van der Waals surface area contributed by atoms with Crippen LogP contribution >= 0.6 is 0 Å². The minimum absolute atomic E-state index is 0.0800. The number of fused-ring (bicyclic) bond motifs is 2. The maximum atomic E-state index is 12.9. The molecule has 0 aliphatic rings. The van der Waals surface area contributed by atoms with E-state index >= 15 is 0 Å². The van der Waals surface area contributed by atoms with Crippen LogP contribution in [0.3, 0.4) is 0 Å². The second kappa shape index (κ2) is 5.35. The largest absolute Gasteiger partial charge is 0.417 e. The van der Waals surface area contributed by atoms with Gasteiger partial charge in [0.2, 0.25) is 0 Å². The Labute approximate surface area is 140 Å². The van der Waals surface area contributed by atoms with Crippen LogP contribution in [0.2, 0.25) is 0 Å². The molecule has 0 unspecified atom stereocenters. The van der Waals surface area contributed by atoms with E-state index in [1.807, 2.05) is 48.5 Å². The van der Waals surface area contributed by atoms with Crippen molar-refractivity contribution >= 4 is 16.4 Å². The molecule has 122 valence electrons. The van der Waals surface area contributed by atoms with Crippen molar-refractivity contribution in [3.63, 3.8) is 0 Å². The zero-order valence-corrected chi connectivity index (χ0v) is 12.7. The van der Waals surface area contributed by atoms with Gasteiger partial charge >= 0.3 is 6.18 Å². The lowest BCUT2D eigenvalue weighted by molar-refractivity contribution is -0.137. The molecule has 0 fully saturated rings. The minimum atomic E-state index is -4.48. The van der Waals surface area contributed by atoms with Gasteiger partial charge in [0, 0.05) is 11.8 Å². The molecule has 0 spiro atoms. The number of alkyl halides is 3. The molecule has 0 bridgehead atoms. The number of hydrogen-bond acceptors (Lipinski definition) is 2. The molecule has 6 heteroatoms. The highest BCUT2D eigenvalue weighted by Gasteiger charge is 2.31. The molecule has 2 aromatic heterocycles. The Balaban J connectivity index is 1.96. The van der Waals surface area contributed by atoms with E-state index in [1.54, 1.807) is 0 Å². The average Bonchev–Trinajstić information content (AvgIpc) is 2.98. The maximum Gasteiger partial charge on any atom is 0.417 e. The van der Waals surface area contributed by atoms with E-state index in [9.17, 15) is 18.4 Å². The Bertz CT molecular complexity index is 1150. The van der Waals surface area contributed by atoms with Gasteiger partial charge in [0.25, 0.3) is 0 Å². The van der Waals surface area contributed by atoms with Gasteiger partial charge in [-0.15, -0.1) is 0 Å². The lowest BCUT2D eigenvalue weighted by atomic mass is 10.0. The monoisotopic (exact) mass is 337 g/mol. The number of nitriles is 1. The summed E-state index contributed by atoms with van der Waals surface area (Å²) in [6.45, 7) is 0. The number of rotatable bonds is 1. The number of imidazole rings is 1. The third kappa shape index (κ3) is 2.50. The second-order valence-electron chi connectivity index (χ2n) is 5.63. The van der Waals surface area contributed by atoms with E-state index in [2.05, 4.69) is 4.98 Å². The van der Waals surface area contributed by atoms with Crippen molar-refractivity contribution in [1.29, 1.82) is 5.26 Å². The van der Waals surface area contributed by atoms with E-state index in [-0.39, 0.29) is 5.69 Å². The number of nitrogens with zero attached hydrogens (tertiary/aromatic N) is 3. The summed E-state index contributed by atoms with van der Waals surface area (Å²) in [7, 11) is 0. The van der Waals surface area contributed by atoms with Gasteiger partial charge in [-0.25, -0.2) is 4.98 Å². The van der Waals surface area contributed by atoms with Crippen molar-refractivity contribution in [3.8, 4) is 17.3 Å². The van der Waals surface area contributed by atoms with Gasteiger partial charge in [-0.3, -0.25) is 4.40 Å². The van der Waals surface area contributed by atoms with E-state index in [0.29, 0.717) is 16.9 Å². The highest BCUT2D eigenvalue weighted by atomic mass is 19.4. The van der Waals surface area contributed by atoms with Crippen molar-refractivity contribution in [2.45, 2.75) is 6.18 Å². The first-order valence-corrected chi connectivity index (χ1v) is 7.46. The van der Waals surface area contributed by atoms with Gasteiger partial charge in [0.1, 0.15) is 17.4 Å². The van der Waals surface area contributed by atoms with Gasteiger partial charge in [0.05, 0.1) is 5.56 Å². The van der Waals surface area contributed by atoms with Crippen LogP contribution < -0.4 is 0 Å². The van der Waals surface area contributed by atoms with Crippen molar-refractivity contribution in [2.75, 3.05) is 0 Å². The lowest BCUT2D eigenvalue weighted by Gasteiger charge is -2.06. The Morgan fingerprint density at radius 3 is 2.44 bits per heavy atom. The molecule has 0 amide bonds. The van der Waals surface area contributed by atoms with E-state index in [4.69, 9.17) is 0 Å². The molecule has 0 saturated heterocycles. The van der Waals surface area contributed by atoms with Crippen LogP contribution in [0.5, 0.6) is 0 Å². The lowest BCUT2D eigenvalue weighted by Crippen LogP contribution is -2.06. The number of aromatic nitrogens is 2. The second-order valence-corrected chi connectivity index (χ2v) is 5.63. The predicted octanol–water partition coefficient (Wildman–Crippen LogP) is 5.04. The van der Waals surface area contributed by atoms with Gasteiger partial charge < -0.3 is 0 Å². The van der Waals surface area contributed by atoms with Crippen LogP contribution in [-0.4, -0.2) is 9.38 Å². The SMILES string of the molecule is N#Cc1c(-c2ccc3ccccc3c2)nc2ccc(C(F)(F)F)cn12. The smallest absolute Gasteiger partial charge is 0.290 e. The molecule has 0 atom stereocenters. The van der Waals surface area contributed by atoms with Crippen molar-refractivity contribution in [3.05, 3.63) is 72.1 Å².